The van der Waals surface area contributed by atoms with E-state index in [9.17, 15) is 9.50 Å². The highest BCUT2D eigenvalue weighted by Gasteiger charge is 2.08. The molecule has 0 saturated heterocycles. The van der Waals surface area contributed by atoms with Crippen LogP contribution in [-0.2, 0) is 6.42 Å². The summed E-state index contributed by atoms with van der Waals surface area (Å²) in [5, 5.41) is 10.5. The molecule has 0 aliphatic carbocycles. The molecule has 100 valence electrons. The third-order valence-electron chi connectivity index (χ3n) is 3.12. The first-order chi connectivity index (χ1) is 9.16. The van der Waals surface area contributed by atoms with Crippen LogP contribution in [0.4, 0.5) is 4.39 Å². The summed E-state index contributed by atoms with van der Waals surface area (Å²) in [4.78, 5) is 0. The molecule has 0 fully saturated rings. The van der Waals surface area contributed by atoms with Crippen LogP contribution in [-0.4, -0.2) is 5.11 Å². The van der Waals surface area contributed by atoms with E-state index in [4.69, 9.17) is 11.6 Å². The van der Waals surface area contributed by atoms with Crippen LogP contribution in [0.1, 0.15) is 30.1 Å². The van der Waals surface area contributed by atoms with Crippen LogP contribution in [0.25, 0.3) is 0 Å². The molecule has 2 rings (SSSR count). The molecule has 0 bridgehead atoms. The monoisotopic (exact) mass is 278 g/mol. The van der Waals surface area contributed by atoms with Gasteiger partial charge in [-0.3, -0.25) is 0 Å². The average molecular weight is 279 g/mol. The van der Waals surface area contributed by atoms with Gasteiger partial charge >= 0.3 is 0 Å². The van der Waals surface area contributed by atoms with Gasteiger partial charge in [0.25, 0.3) is 0 Å². The first-order valence-electron chi connectivity index (χ1n) is 6.34. The highest BCUT2D eigenvalue weighted by molar-refractivity contribution is 6.31. The highest BCUT2D eigenvalue weighted by Crippen LogP contribution is 2.22. The molecule has 0 amide bonds. The van der Waals surface area contributed by atoms with E-state index in [0.717, 1.165) is 24.0 Å². The van der Waals surface area contributed by atoms with E-state index in [1.807, 2.05) is 30.3 Å². The molecule has 1 atom stereocenters. The molecule has 0 aromatic heterocycles. The molecule has 0 spiro atoms. The van der Waals surface area contributed by atoms with Gasteiger partial charge in [0.05, 0.1) is 6.10 Å². The van der Waals surface area contributed by atoms with Gasteiger partial charge in [0.1, 0.15) is 5.82 Å². The van der Waals surface area contributed by atoms with E-state index in [1.54, 1.807) is 6.07 Å². The minimum atomic E-state index is -0.458. The fraction of sp³-hybridized carbons (Fsp3) is 0.250. The Hall–Kier alpha value is -1.38. The maximum absolute atomic E-state index is 12.9. The first kappa shape index (κ1) is 14.0. The lowest BCUT2D eigenvalue weighted by Gasteiger charge is -2.11. The van der Waals surface area contributed by atoms with E-state index in [2.05, 4.69) is 0 Å². The van der Waals surface area contributed by atoms with Crippen molar-refractivity contribution in [1.82, 2.24) is 0 Å². The van der Waals surface area contributed by atoms with Crippen molar-refractivity contribution < 1.29 is 9.50 Å². The van der Waals surface area contributed by atoms with Gasteiger partial charge < -0.3 is 5.11 Å². The molecule has 2 aromatic rings. The Kier molecular flexibility index (Phi) is 4.94. The van der Waals surface area contributed by atoms with Gasteiger partial charge in [0, 0.05) is 5.02 Å². The van der Waals surface area contributed by atoms with Gasteiger partial charge in [-0.25, -0.2) is 4.39 Å². The zero-order valence-corrected chi connectivity index (χ0v) is 11.3. The second-order valence-electron chi connectivity index (χ2n) is 4.55. The van der Waals surface area contributed by atoms with Gasteiger partial charge in [-0.2, -0.15) is 0 Å². The number of benzene rings is 2. The van der Waals surface area contributed by atoms with Crippen LogP contribution in [0.2, 0.25) is 5.02 Å². The standard InChI is InChI=1S/C16H16ClFO/c17-15-11-14(18)10-9-12(15)7-4-8-16(19)13-5-2-1-3-6-13/h1-3,5-6,9-11,16,19H,4,7-8H2. The molecule has 0 saturated carbocycles. The lowest BCUT2D eigenvalue weighted by atomic mass is 10.0. The van der Waals surface area contributed by atoms with Gasteiger partial charge in [0.2, 0.25) is 0 Å². The quantitative estimate of drug-likeness (QED) is 0.851. The van der Waals surface area contributed by atoms with Crippen molar-refractivity contribution in [2.45, 2.75) is 25.4 Å². The van der Waals surface area contributed by atoms with Crippen LogP contribution in [0, 0.1) is 5.82 Å². The number of aliphatic hydroxyl groups is 1. The summed E-state index contributed by atoms with van der Waals surface area (Å²) < 4.78 is 12.9. The Morgan fingerprint density at radius 3 is 2.53 bits per heavy atom. The van der Waals surface area contributed by atoms with Gasteiger partial charge in [-0.1, -0.05) is 48.0 Å². The minimum absolute atomic E-state index is 0.321. The third-order valence-corrected chi connectivity index (χ3v) is 3.47. The molecule has 3 heteroatoms. The van der Waals surface area contributed by atoms with Gasteiger partial charge in [-0.15, -0.1) is 0 Å². The lowest BCUT2D eigenvalue weighted by molar-refractivity contribution is 0.164. The molecule has 2 aromatic carbocycles. The number of hydrogen-bond acceptors (Lipinski definition) is 1. The van der Waals surface area contributed by atoms with Crippen molar-refractivity contribution in [3.05, 3.63) is 70.5 Å². The largest absolute Gasteiger partial charge is 0.388 e. The molecular weight excluding hydrogens is 263 g/mol. The van der Waals surface area contributed by atoms with Crippen LogP contribution in [0.3, 0.4) is 0 Å². The van der Waals surface area contributed by atoms with E-state index in [0.29, 0.717) is 11.4 Å². The zero-order chi connectivity index (χ0) is 13.7. The second-order valence-corrected chi connectivity index (χ2v) is 4.96. The topological polar surface area (TPSA) is 20.2 Å². The maximum Gasteiger partial charge on any atom is 0.124 e. The summed E-state index contributed by atoms with van der Waals surface area (Å²) in [7, 11) is 0. The number of hydrogen-bond donors (Lipinski definition) is 1. The van der Waals surface area contributed by atoms with Gasteiger partial charge in [-0.05, 0) is 42.5 Å². The van der Waals surface area contributed by atoms with Crippen molar-refractivity contribution in [3.8, 4) is 0 Å². The molecule has 1 nitrogen and oxygen atoms in total. The number of halogens is 2. The summed E-state index contributed by atoms with van der Waals surface area (Å²) in [6, 6.07) is 14.0. The zero-order valence-electron chi connectivity index (χ0n) is 10.5. The lowest BCUT2D eigenvalue weighted by Crippen LogP contribution is -1.98. The van der Waals surface area contributed by atoms with E-state index in [1.165, 1.54) is 12.1 Å². The second kappa shape index (κ2) is 6.69. The summed E-state index contributed by atoms with van der Waals surface area (Å²) in [6.45, 7) is 0. The van der Waals surface area contributed by atoms with E-state index < -0.39 is 6.10 Å². The van der Waals surface area contributed by atoms with Crippen molar-refractivity contribution in [2.24, 2.45) is 0 Å². The smallest absolute Gasteiger partial charge is 0.124 e. The Morgan fingerprint density at radius 2 is 1.84 bits per heavy atom. The Bertz CT molecular complexity index is 528. The predicted octanol–water partition coefficient (Wildman–Crippen LogP) is 4.54. The molecule has 0 aliphatic rings. The molecule has 1 N–H and O–H groups in total. The normalized spacial score (nSPS) is 12.4. The minimum Gasteiger partial charge on any atom is -0.388 e. The average Bonchev–Trinajstić information content (AvgIpc) is 2.42. The van der Waals surface area contributed by atoms with Crippen LogP contribution in [0.15, 0.2) is 48.5 Å². The molecule has 0 radical (unpaired) electrons. The number of rotatable bonds is 5. The van der Waals surface area contributed by atoms with Crippen molar-refractivity contribution >= 4 is 11.6 Å². The van der Waals surface area contributed by atoms with Gasteiger partial charge in [0.15, 0.2) is 0 Å². The molecule has 0 heterocycles. The Labute approximate surface area is 117 Å². The SMILES string of the molecule is OC(CCCc1ccc(F)cc1Cl)c1ccccc1. The predicted molar refractivity (Wildman–Crippen MR) is 75.7 cm³/mol. The fourth-order valence-corrected chi connectivity index (χ4v) is 2.31. The third kappa shape index (κ3) is 4.05. The molecule has 19 heavy (non-hydrogen) atoms. The molecule has 1 unspecified atom stereocenters. The van der Waals surface area contributed by atoms with Crippen LogP contribution in [0.5, 0.6) is 0 Å². The highest BCUT2D eigenvalue weighted by atomic mass is 35.5. The van der Waals surface area contributed by atoms with E-state index >= 15 is 0 Å². The Balaban J connectivity index is 1.86. The van der Waals surface area contributed by atoms with Crippen molar-refractivity contribution in [3.63, 3.8) is 0 Å². The van der Waals surface area contributed by atoms with E-state index in [-0.39, 0.29) is 5.82 Å². The number of aliphatic hydroxyl groups excluding tert-OH is 1. The van der Waals surface area contributed by atoms with Crippen LogP contribution < -0.4 is 0 Å². The summed E-state index contributed by atoms with van der Waals surface area (Å²) in [5.74, 6) is -0.321. The summed E-state index contributed by atoms with van der Waals surface area (Å²) >= 11 is 5.96. The van der Waals surface area contributed by atoms with Crippen molar-refractivity contribution in [2.75, 3.05) is 0 Å². The number of aryl methyl sites for hydroxylation is 1. The molecule has 0 aliphatic heterocycles. The maximum atomic E-state index is 12.9. The van der Waals surface area contributed by atoms with Crippen LogP contribution >= 0.6 is 11.6 Å². The first-order valence-corrected chi connectivity index (χ1v) is 6.71. The molecular formula is C16H16ClFO. The fourth-order valence-electron chi connectivity index (χ4n) is 2.05. The summed E-state index contributed by atoms with van der Waals surface area (Å²) in [5.41, 5.74) is 1.84. The van der Waals surface area contributed by atoms with Crippen molar-refractivity contribution in [1.29, 1.82) is 0 Å². The summed E-state index contributed by atoms with van der Waals surface area (Å²) in [6.07, 6.45) is 1.75. The Morgan fingerprint density at radius 1 is 1.11 bits per heavy atom.